The number of nitrogens with zero attached hydrogens (tertiary/aromatic N) is 2. The highest BCUT2D eigenvalue weighted by atomic mass is 35.5. The standard InChI is InChI=1S/C15H11ClFN3O/c16-13-6-5-12-14(19-13)11(15(18)21)8-20(12)7-9-1-3-10(17)4-2-9/h1-6,8H,7H2,(H2,18,21). The zero-order chi connectivity index (χ0) is 15.0. The Balaban J connectivity index is 2.10. The molecule has 0 unspecified atom stereocenters. The maximum atomic E-state index is 12.9. The molecule has 0 bridgehead atoms. The van der Waals surface area contributed by atoms with Gasteiger partial charge in [0.1, 0.15) is 16.5 Å². The fourth-order valence-electron chi connectivity index (χ4n) is 2.24. The van der Waals surface area contributed by atoms with Gasteiger partial charge in [0, 0.05) is 12.7 Å². The number of nitrogens with two attached hydrogens (primary N) is 1. The van der Waals surface area contributed by atoms with E-state index in [1.165, 1.54) is 12.1 Å². The number of hydrogen-bond acceptors (Lipinski definition) is 2. The Hall–Kier alpha value is -2.40. The van der Waals surface area contributed by atoms with E-state index in [0.717, 1.165) is 11.1 Å². The summed E-state index contributed by atoms with van der Waals surface area (Å²) in [4.78, 5) is 15.7. The van der Waals surface area contributed by atoms with Crippen LogP contribution in [0.3, 0.4) is 0 Å². The third kappa shape index (κ3) is 2.60. The molecule has 3 aromatic rings. The largest absolute Gasteiger partial charge is 0.365 e. The molecule has 0 fully saturated rings. The van der Waals surface area contributed by atoms with E-state index >= 15 is 0 Å². The van der Waals surface area contributed by atoms with Crippen LogP contribution < -0.4 is 5.73 Å². The molecule has 3 rings (SSSR count). The number of amides is 1. The van der Waals surface area contributed by atoms with Gasteiger partial charge in [-0.15, -0.1) is 0 Å². The highest BCUT2D eigenvalue weighted by molar-refractivity contribution is 6.30. The van der Waals surface area contributed by atoms with E-state index in [4.69, 9.17) is 17.3 Å². The van der Waals surface area contributed by atoms with E-state index in [-0.39, 0.29) is 5.82 Å². The Morgan fingerprint density at radius 1 is 1.24 bits per heavy atom. The minimum absolute atomic E-state index is 0.289. The van der Waals surface area contributed by atoms with Gasteiger partial charge in [-0.3, -0.25) is 4.79 Å². The van der Waals surface area contributed by atoms with Crippen molar-refractivity contribution in [2.45, 2.75) is 6.54 Å². The van der Waals surface area contributed by atoms with E-state index in [1.807, 2.05) is 4.57 Å². The molecule has 106 valence electrons. The molecule has 21 heavy (non-hydrogen) atoms. The van der Waals surface area contributed by atoms with Crippen molar-refractivity contribution in [3.05, 3.63) is 64.7 Å². The predicted molar refractivity (Wildman–Crippen MR) is 78.8 cm³/mol. The van der Waals surface area contributed by atoms with Gasteiger partial charge >= 0.3 is 0 Å². The van der Waals surface area contributed by atoms with Crippen molar-refractivity contribution in [2.24, 2.45) is 5.73 Å². The van der Waals surface area contributed by atoms with Crippen LogP contribution in [0.5, 0.6) is 0 Å². The summed E-state index contributed by atoms with van der Waals surface area (Å²) in [6.45, 7) is 0.480. The first kappa shape index (κ1) is 13.6. The van der Waals surface area contributed by atoms with Crippen LogP contribution in [0.15, 0.2) is 42.6 Å². The summed E-state index contributed by atoms with van der Waals surface area (Å²) >= 11 is 5.87. The molecule has 0 radical (unpaired) electrons. The monoisotopic (exact) mass is 303 g/mol. The van der Waals surface area contributed by atoms with Gasteiger partial charge in [-0.05, 0) is 29.8 Å². The summed E-state index contributed by atoms with van der Waals surface area (Å²) in [5, 5.41) is 0.296. The van der Waals surface area contributed by atoms with Crippen molar-refractivity contribution in [1.29, 1.82) is 0 Å². The van der Waals surface area contributed by atoms with Crippen LogP contribution in [0, 0.1) is 5.82 Å². The van der Waals surface area contributed by atoms with E-state index in [1.54, 1.807) is 30.5 Å². The molecule has 0 aliphatic heterocycles. The fourth-order valence-corrected chi connectivity index (χ4v) is 2.39. The van der Waals surface area contributed by atoms with Crippen molar-refractivity contribution < 1.29 is 9.18 Å². The zero-order valence-electron chi connectivity index (χ0n) is 10.9. The number of carbonyl (C=O) groups is 1. The molecule has 1 amide bonds. The number of aromatic nitrogens is 2. The molecule has 0 saturated heterocycles. The fraction of sp³-hybridized carbons (Fsp3) is 0.0667. The minimum atomic E-state index is -0.562. The normalized spacial score (nSPS) is 11.0. The van der Waals surface area contributed by atoms with Crippen LogP contribution in [-0.2, 0) is 6.54 Å². The summed E-state index contributed by atoms with van der Waals surface area (Å²) in [7, 11) is 0. The molecule has 2 aromatic heterocycles. The highest BCUT2D eigenvalue weighted by Crippen LogP contribution is 2.22. The van der Waals surface area contributed by atoms with Crippen LogP contribution in [0.2, 0.25) is 5.15 Å². The lowest BCUT2D eigenvalue weighted by molar-refractivity contribution is 0.100. The Bertz CT molecular complexity index is 827. The highest BCUT2D eigenvalue weighted by Gasteiger charge is 2.14. The Morgan fingerprint density at radius 3 is 2.62 bits per heavy atom. The number of carbonyl (C=O) groups excluding carboxylic acids is 1. The molecule has 0 atom stereocenters. The molecule has 4 nitrogen and oxygen atoms in total. The Labute approximate surface area is 125 Å². The third-order valence-corrected chi connectivity index (χ3v) is 3.43. The van der Waals surface area contributed by atoms with Crippen LogP contribution in [0.4, 0.5) is 4.39 Å². The topological polar surface area (TPSA) is 60.9 Å². The molecular weight excluding hydrogens is 293 g/mol. The molecule has 0 aliphatic carbocycles. The maximum Gasteiger partial charge on any atom is 0.252 e. The van der Waals surface area contributed by atoms with Gasteiger partial charge in [0.2, 0.25) is 0 Å². The smallest absolute Gasteiger partial charge is 0.252 e. The molecule has 6 heteroatoms. The first-order chi connectivity index (χ1) is 10.0. The lowest BCUT2D eigenvalue weighted by atomic mass is 10.2. The molecular formula is C15H11ClFN3O. The SMILES string of the molecule is NC(=O)c1cn(Cc2ccc(F)cc2)c2ccc(Cl)nc12. The molecule has 2 N–H and O–H groups in total. The van der Waals surface area contributed by atoms with Gasteiger partial charge in [0.15, 0.2) is 0 Å². The van der Waals surface area contributed by atoms with Crippen molar-refractivity contribution >= 4 is 28.5 Å². The lowest BCUT2D eigenvalue weighted by Crippen LogP contribution is -2.10. The average Bonchev–Trinajstić information content (AvgIpc) is 2.79. The quantitative estimate of drug-likeness (QED) is 0.756. The number of fused-ring (bicyclic) bond motifs is 1. The van der Waals surface area contributed by atoms with Crippen molar-refractivity contribution in [1.82, 2.24) is 9.55 Å². The Morgan fingerprint density at radius 2 is 1.95 bits per heavy atom. The van der Waals surface area contributed by atoms with Gasteiger partial charge < -0.3 is 10.3 Å². The van der Waals surface area contributed by atoms with Gasteiger partial charge in [-0.25, -0.2) is 9.37 Å². The maximum absolute atomic E-state index is 12.9. The van der Waals surface area contributed by atoms with Crippen molar-refractivity contribution in [3.8, 4) is 0 Å². The number of hydrogen-bond donors (Lipinski definition) is 1. The summed E-state index contributed by atoms with van der Waals surface area (Å²) < 4.78 is 14.8. The molecule has 1 aromatic carbocycles. The third-order valence-electron chi connectivity index (χ3n) is 3.22. The Kier molecular flexibility index (Phi) is 3.35. The second-order valence-corrected chi connectivity index (χ2v) is 5.05. The summed E-state index contributed by atoms with van der Waals surface area (Å²) in [6, 6.07) is 9.59. The van der Waals surface area contributed by atoms with Gasteiger partial charge in [0.25, 0.3) is 5.91 Å². The van der Waals surface area contributed by atoms with E-state index in [2.05, 4.69) is 4.98 Å². The predicted octanol–water partition coefficient (Wildman–Crippen LogP) is 2.98. The number of benzene rings is 1. The average molecular weight is 304 g/mol. The number of halogens is 2. The van der Waals surface area contributed by atoms with Crippen LogP contribution in [0.1, 0.15) is 15.9 Å². The van der Waals surface area contributed by atoms with E-state index in [9.17, 15) is 9.18 Å². The summed E-state index contributed by atoms with van der Waals surface area (Å²) in [6.07, 6.45) is 1.64. The first-order valence-corrected chi connectivity index (χ1v) is 6.62. The second kappa shape index (κ2) is 5.18. The van der Waals surface area contributed by atoms with Crippen LogP contribution in [0.25, 0.3) is 11.0 Å². The number of pyridine rings is 1. The minimum Gasteiger partial charge on any atom is -0.365 e. The van der Waals surface area contributed by atoms with Gasteiger partial charge in [0.05, 0.1) is 11.1 Å². The summed E-state index contributed by atoms with van der Waals surface area (Å²) in [5.41, 5.74) is 7.81. The van der Waals surface area contributed by atoms with Crippen molar-refractivity contribution in [2.75, 3.05) is 0 Å². The first-order valence-electron chi connectivity index (χ1n) is 6.24. The second-order valence-electron chi connectivity index (χ2n) is 4.66. The molecule has 0 saturated carbocycles. The number of primary amides is 1. The van der Waals surface area contributed by atoms with Gasteiger partial charge in [-0.1, -0.05) is 23.7 Å². The van der Waals surface area contributed by atoms with Gasteiger partial charge in [-0.2, -0.15) is 0 Å². The van der Waals surface area contributed by atoms with E-state index < -0.39 is 5.91 Å². The molecule has 2 heterocycles. The number of rotatable bonds is 3. The van der Waals surface area contributed by atoms with E-state index in [0.29, 0.717) is 22.8 Å². The molecule has 0 spiro atoms. The van der Waals surface area contributed by atoms with Crippen LogP contribution in [-0.4, -0.2) is 15.5 Å². The van der Waals surface area contributed by atoms with Crippen molar-refractivity contribution in [3.63, 3.8) is 0 Å². The molecule has 0 aliphatic rings. The summed E-state index contributed by atoms with van der Waals surface area (Å²) in [5.74, 6) is -0.852. The zero-order valence-corrected chi connectivity index (χ0v) is 11.6. The van der Waals surface area contributed by atoms with Crippen LogP contribution >= 0.6 is 11.6 Å². The lowest BCUT2D eigenvalue weighted by Gasteiger charge is -2.05.